The summed E-state index contributed by atoms with van der Waals surface area (Å²) in [6.07, 6.45) is -2.12. The lowest BCUT2D eigenvalue weighted by molar-refractivity contribution is -0.0508. The molecule has 0 aliphatic carbocycles. The van der Waals surface area contributed by atoms with Crippen LogP contribution in [-0.2, 0) is 4.74 Å². The number of aliphatic hydroxyl groups is 3. The van der Waals surface area contributed by atoms with E-state index in [1.807, 2.05) is 24.3 Å². The lowest BCUT2D eigenvalue weighted by Gasteiger charge is -2.16. The van der Waals surface area contributed by atoms with Crippen molar-refractivity contribution in [3.63, 3.8) is 0 Å². The average Bonchev–Trinajstić information content (AvgIpc) is 2.93. The molecule has 6 heteroatoms. The summed E-state index contributed by atoms with van der Waals surface area (Å²) in [7, 11) is 0. The van der Waals surface area contributed by atoms with Crippen LogP contribution >= 0.6 is 0 Å². The first-order chi connectivity index (χ1) is 8.72. The number of hydrogen-bond acceptors (Lipinski definition) is 5. The van der Waals surface area contributed by atoms with Gasteiger partial charge in [-0.15, -0.1) is 0 Å². The van der Waals surface area contributed by atoms with Gasteiger partial charge >= 0.3 is 0 Å². The van der Waals surface area contributed by atoms with Gasteiger partial charge in [0.2, 0.25) is 0 Å². The van der Waals surface area contributed by atoms with Gasteiger partial charge in [-0.1, -0.05) is 12.1 Å². The molecule has 0 saturated carbocycles. The molecule has 1 aliphatic rings. The molecule has 0 unspecified atom stereocenters. The largest absolute Gasteiger partial charge is 0.394 e. The first-order valence-electron chi connectivity index (χ1n) is 5.76. The maximum atomic E-state index is 9.96. The van der Waals surface area contributed by atoms with Crippen LogP contribution in [0.3, 0.4) is 0 Å². The van der Waals surface area contributed by atoms with Crippen LogP contribution < -0.4 is 0 Å². The van der Waals surface area contributed by atoms with E-state index in [1.54, 1.807) is 10.9 Å². The van der Waals surface area contributed by atoms with Crippen LogP contribution in [-0.4, -0.2) is 49.8 Å². The molecule has 0 amide bonds. The Morgan fingerprint density at radius 1 is 1.22 bits per heavy atom. The summed E-state index contributed by atoms with van der Waals surface area (Å²) in [6.45, 7) is -0.332. The fraction of sp³-hybridized carbons (Fsp3) is 0.417. The van der Waals surface area contributed by atoms with Gasteiger partial charge in [0.25, 0.3) is 0 Å². The fourth-order valence-corrected chi connectivity index (χ4v) is 2.29. The van der Waals surface area contributed by atoms with Crippen molar-refractivity contribution >= 4 is 11.0 Å². The highest BCUT2D eigenvalue weighted by Gasteiger charge is 2.43. The maximum absolute atomic E-state index is 9.96. The van der Waals surface area contributed by atoms with Crippen molar-refractivity contribution < 1.29 is 20.1 Å². The Hall–Kier alpha value is -1.47. The lowest BCUT2D eigenvalue weighted by Crippen LogP contribution is -2.33. The second-order valence-electron chi connectivity index (χ2n) is 4.37. The minimum absolute atomic E-state index is 0.332. The number of nitrogens with zero attached hydrogens (tertiary/aromatic N) is 2. The molecule has 96 valence electrons. The van der Waals surface area contributed by atoms with Crippen LogP contribution in [0.15, 0.2) is 30.6 Å². The van der Waals surface area contributed by atoms with E-state index in [-0.39, 0.29) is 6.61 Å². The minimum atomic E-state index is -1.10. The standard InChI is InChI=1S/C12H14N2O4/c15-5-9-10(16)11(17)12(18-9)14-6-13-7-3-1-2-4-8(7)14/h1-4,6,9-12,15-17H,5H2/t9-,10+,11+,12-/m1/s1. The Morgan fingerprint density at radius 3 is 2.72 bits per heavy atom. The monoisotopic (exact) mass is 250 g/mol. The Labute approximate surface area is 103 Å². The molecule has 1 saturated heterocycles. The van der Waals surface area contributed by atoms with Gasteiger partial charge in [0.1, 0.15) is 18.3 Å². The number of rotatable bonds is 2. The molecule has 1 aromatic carbocycles. The van der Waals surface area contributed by atoms with Gasteiger partial charge in [0, 0.05) is 0 Å². The summed E-state index contributed by atoms with van der Waals surface area (Å²) < 4.78 is 7.13. The van der Waals surface area contributed by atoms with Crippen LogP contribution in [0.2, 0.25) is 0 Å². The third kappa shape index (κ3) is 1.62. The van der Waals surface area contributed by atoms with Crippen molar-refractivity contribution in [2.75, 3.05) is 6.61 Å². The van der Waals surface area contributed by atoms with Gasteiger partial charge in [0.05, 0.1) is 24.0 Å². The van der Waals surface area contributed by atoms with E-state index in [0.29, 0.717) is 0 Å². The molecule has 6 nitrogen and oxygen atoms in total. The average molecular weight is 250 g/mol. The molecule has 2 aromatic rings. The molecule has 0 spiro atoms. The number of ether oxygens (including phenoxy) is 1. The van der Waals surface area contributed by atoms with E-state index in [4.69, 9.17) is 9.84 Å². The number of aliphatic hydroxyl groups excluding tert-OH is 3. The zero-order valence-electron chi connectivity index (χ0n) is 9.55. The topological polar surface area (TPSA) is 87.7 Å². The number of aromatic nitrogens is 2. The Bertz CT molecular complexity index is 556. The SMILES string of the molecule is OC[C@H]1O[C@@H](n2cnc3ccccc32)[C@@H](O)[C@H]1O. The summed E-state index contributed by atoms with van der Waals surface area (Å²) in [4.78, 5) is 4.20. The van der Waals surface area contributed by atoms with E-state index in [0.717, 1.165) is 11.0 Å². The third-order valence-corrected chi connectivity index (χ3v) is 3.27. The second kappa shape index (κ2) is 4.33. The van der Waals surface area contributed by atoms with E-state index >= 15 is 0 Å². The van der Waals surface area contributed by atoms with Gasteiger partial charge in [-0.3, -0.25) is 0 Å². The summed E-state index contributed by atoms with van der Waals surface area (Å²) in [5, 5.41) is 28.7. The summed E-state index contributed by atoms with van der Waals surface area (Å²) >= 11 is 0. The first-order valence-corrected chi connectivity index (χ1v) is 5.76. The van der Waals surface area contributed by atoms with Crippen LogP contribution in [0.5, 0.6) is 0 Å². The van der Waals surface area contributed by atoms with Crippen molar-refractivity contribution in [2.24, 2.45) is 0 Å². The van der Waals surface area contributed by atoms with Crippen LogP contribution in [0.1, 0.15) is 6.23 Å². The van der Waals surface area contributed by atoms with Gasteiger partial charge in [-0.25, -0.2) is 4.98 Å². The number of benzene rings is 1. The number of imidazole rings is 1. The molecular formula is C12H14N2O4. The van der Waals surface area contributed by atoms with Crippen molar-refractivity contribution in [3.8, 4) is 0 Å². The molecular weight excluding hydrogens is 236 g/mol. The van der Waals surface area contributed by atoms with Gasteiger partial charge in [-0.05, 0) is 12.1 Å². The Morgan fingerprint density at radius 2 is 2.00 bits per heavy atom. The molecule has 2 heterocycles. The van der Waals surface area contributed by atoms with Crippen molar-refractivity contribution in [3.05, 3.63) is 30.6 Å². The predicted octanol–water partition coefficient (Wildman–Crippen LogP) is -0.352. The molecule has 18 heavy (non-hydrogen) atoms. The fourth-order valence-electron chi connectivity index (χ4n) is 2.29. The highest BCUT2D eigenvalue weighted by Crippen LogP contribution is 2.31. The van der Waals surface area contributed by atoms with Crippen LogP contribution in [0, 0.1) is 0 Å². The smallest absolute Gasteiger partial charge is 0.164 e. The highest BCUT2D eigenvalue weighted by atomic mass is 16.6. The lowest BCUT2D eigenvalue weighted by atomic mass is 10.1. The molecule has 1 aliphatic heterocycles. The zero-order chi connectivity index (χ0) is 12.7. The summed E-state index contributed by atoms with van der Waals surface area (Å²) in [6, 6.07) is 7.45. The molecule has 0 radical (unpaired) electrons. The summed E-state index contributed by atoms with van der Waals surface area (Å²) in [5.74, 6) is 0. The highest BCUT2D eigenvalue weighted by molar-refractivity contribution is 5.75. The van der Waals surface area contributed by atoms with Crippen molar-refractivity contribution in [2.45, 2.75) is 24.5 Å². The Balaban J connectivity index is 2.00. The van der Waals surface area contributed by atoms with Gasteiger partial charge in [0.15, 0.2) is 6.23 Å². The van der Waals surface area contributed by atoms with Gasteiger partial charge < -0.3 is 24.6 Å². The molecule has 3 N–H and O–H groups in total. The molecule has 4 atom stereocenters. The minimum Gasteiger partial charge on any atom is -0.394 e. The normalized spacial score (nSPS) is 32.2. The van der Waals surface area contributed by atoms with E-state index in [1.165, 1.54) is 0 Å². The Kier molecular flexibility index (Phi) is 2.79. The maximum Gasteiger partial charge on any atom is 0.164 e. The first kappa shape index (κ1) is 11.6. The van der Waals surface area contributed by atoms with Crippen molar-refractivity contribution in [1.29, 1.82) is 0 Å². The number of hydrogen-bond donors (Lipinski definition) is 3. The van der Waals surface area contributed by atoms with Crippen LogP contribution in [0.4, 0.5) is 0 Å². The summed E-state index contributed by atoms with van der Waals surface area (Å²) in [5.41, 5.74) is 1.60. The van der Waals surface area contributed by atoms with E-state index in [2.05, 4.69) is 4.98 Å². The van der Waals surface area contributed by atoms with E-state index < -0.39 is 24.5 Å². The molecule has 3 rings (SSSR count). The zero-order valence-corrected chi connectivity index (χ0v) is 9.55. The van der Waals surface area contributed by atoms with Crippen LogP contribution in [0.25, 0.3) is 11.0 Å². The predicted molar refractivity (Wildman–Crippen MR) is 62.7 cm³/mol. The molecule has 1 fully saturated rings. The van der Waals surface area contributed by atoms with Gasteiger partial charge in [-0.2, -0.15) is 0 Å². The van der Waals surface area contributed by atoms with E-state index in [9.17, 15) is 10.2 Å². The molecule has 0 bridgehead atoms. The quantitative estimate of drug-likeness (QED) is 0.678. The second-order valence-corrected chi connectivity index (χ2v) is 4.37. The number of fused-ring (bicyclic) bond motifs is 1. The molecule has 1 aromatic heterocycles. The number of para-hydroxylation sites is 2. The third-order valence-electron chi connectivity index (χ3n) is 3.27. The van der Waals surface area contributed by atoms with Crippen molar-refractivity contribution in [1.82, 2.24) is 9.55 Å².